The molecule has 1 aliphatic rings. The van der Waals surface area contributed by atoms with Gasteiger partial charge in [0, 0.05) is 12.5 Å². The Morgan fingerprint density at radius 1 is 1.26 bits per heavy atom. The monoisotopic (exact) mass is 266 g/mol. The highest BCUT2D eigenvalue weighted by molar-refractivity contribution is 5.50. The summed E-state index contributed by atoms with van der Waals surface area (Å²) in [5.74, 6) is -1.54. The first-order chi connectivity index (χ1) is 9.11. The molecule has 3 nitrogen and oxygen atoms in total. The minimum atomic E-state index is -0.776. The number of aliphatic hydroxyl groups is 1. The van der Waals surface area contributed by atoms with Crippen molar-refractivity contribution in [1.29, 1.82) is 5.26 Å². The van der Waals surface area contributed by atoms with Crippen molar-refractivity contribution in [3.8, 4) is 6.07 Å². The molecule has 0 heterocycles. The predicted molar refractivity (Wildman–Crippen MR) is 67.5 cm³/mol. The maximum absolute atomic E-state index is 13.6. The fourth-order valence-corrected chi connectivity index (χ4v) is 2.47. The molecule has 102 valence electrons. The van der Waals surface area contributed by atoms with E-state index in [4.69, 9.17) is 5.26 Å². The van der Waals surface area contributed by atoms with E-state index in [1.165, 1.54) is 0 Å². The highest BCUT2D eigenvalue weighted by Gasteiger charge is 2.23. The van der Waals surface area contributed by atoms with Crippen LogP contribution in [0, 0.1) is 28.9 Å². The van der Waals surface area contributed by atoms with Gasteiger partial charge in [0.15, 0.2) is 11.6 Å². The molecular weight excluding hydrogens is 250 g/mol. The maximum atomic E-state index is 13.6. The van der Waals surface area contributed by atoms with Crippen LogP contribution in [0.1, 0.15) is 31.2 Å². The molecule has 0 saturated heterocycles. The van der Waals surface area contributed by atoms with E-state index in [0.717, 1.165) is 37.8 Å². The maximum Gasteiger partial charge on any atom is 0.150 e. The Labute approximate surface area is 110 Å². The molecule has 0 spiro atoms. The Hall–Kier alpha value is -1.67. The molecule has 0 amide bonds. The summed E-state index contributed by atoms with van der Waals surface area (Å²) in [5, 5.41) is 21.1. The van der Waals surface area contributed by atoms with Crippen molar-refractivity contribution in [2.24, 2.45) is 5.92 Å². The summed E-state index contributed by atoms with van der Waals surface area (Å²) >= 11 is 0. The first-order valence-corrected chi connectivity index (χ1v) is 6.43. The van der Waals surface area contributed by atoms with Gasteiger partial charge < -0.3 is 10.4 Å². The van der Waals surface area contributed by atoms with Gasteiger partial charge in [-0.1, -0.05) is 12.8 Å². The Morgan fingerprint density at radius 3 is 2.47 bits per heavy atom. The van der Waals surface area contributed by atoms with Crippen molar-refractivity contribution in [2.45, 2.75) is 31.8 Å². The van der Waals surface area contributed by atoms with Gasteiger partial charge in [-0.15, -0.1) is 0 Å². The van der Waals surface area contributed by atoms with E-state index in [1.807, 2.05) is 0 Å². The number of benzene rings is 1. The molecule has 2 unspecified atom stereocenters. The van der Waals surface area contributed by atoms with Gasteiger partial charge in [0.2, 0.25) is 0 Å². The third-order valence-corrected chi connectivity index (χ3v) is 3.58. The summed E-state index contributed by atoms with van der Waals surface area (Å²) in [6, 6.07) is 3.71. The van der Waals surface area contributed by atoms with Crippen molar-refractivity contribution < 1.29 is 13.9 Å². The average Bonchev–Trinajstić information content (AvgIpc) is 2.39. The Bertz CT molecular complexity index is 476. The number of hydrogen-bond acceptors (Lipinski definition) is 3. The summed E-state index contributed by atoms with van der Waals surface area (Å²) in [7, 11) is 0. The molecule has 0 radical (unpaired) electrons. The van der Waals surface area contributed by atoms with Crippen molar-refractivity contribution in [1.82, 2.24) is 0 Å². The van der Waals surface area contributed by atoms with Crippen molar-refractivity contribution in [2.75, 3.05) is 11.9 Å². The third-order valence-electron chi connectivity index (χ3n) is 3.58. The molecule has 2 N–H and O–H groups in total. The van der Waals surface area contributed by atoms with Gasteiger partial charge >= 0.3 is 0 Å². The topological polar surface area (TPSA) is 56.0 Å². The quantitative estimate of drug-likeness (QED) is 0.884. The van der Waals surface area contributed by atoms with E-state index in [2.05, 4.69) is 5.32 Å². The van der Waals surface area contributed by atoms with E-state index in [1.54, 1.807) is 6.07 Å². The number of hydrogen-bond donors (Lipinski definition) is 2. The minimum Gasteiger partial charge on any atom is -0.393 e. The van der Waals surface area contributed by atoms with Gasteiger partial charge in [0.05, 0.1) is 17.7 Å². The molecule has 1 fully saturated rings. The molecule has 1 aromatic rings. The second kappa shape index (κ2) is 5.98. The fraction of sp³-hybridized carbons (Fsp3) is 0.500. The number of rotatable bonds is 3. The van der Waals surface area contributed by atoms with Gasteiger partial charge in [-0.2, -0.15) is 5.26 Å². The summed E-state index contributed by atoms with van der Waals surface area (Å²) < 4.78 is 27.3. The van der Waals surface area contributed by atoms with E-state index in [9.17, 15) is 13.9 Å². The third kappa shape index (κ3) is 3.21. The number of nitriles is 1. The molecule has 0 aromatic heterocycles. The van der Waals surface area contributed by atoms with Crippen LogP contribution in [0.15, 0.2) is 12.1 Å². The minimum absolute atomic E-state index is 0.0168. The smallest absolute Gasteiger partial charge is 0.150 e. The predicted octanol–water partition coefficient (Wildman–Crippen LogP) is 2.80. The molecule has 1 aliphatic carbocycles. The first kappa shape index (κ1) is 13.8. The number of nitrogens with one attached hydrogen (secondary N) is 1. The number of aliphatic hydroxyl groups excluding tert-OH is 1. The molecule has 0 aliphatic heterocycles. The van der Waals surface area contributed by atoms with Crippen molar-refractivity contribution in [3.63, 3.8) is 0 Å². The lowest BCUT2D eigenvalue weighted by atomic mass is 9.86. The first-order valence-electron chi connectivity index (χ1n) is 6.43. The SMILES string of the molecule is N#Cc1cc(F)c(NCC2CCCCC2O)c(F)c1. The molecular formula is C14H16F2N2O. The number of halogens is 2. The zero-order valence-electron chi connectivity index (χ0n) is 10.5. The Balaban J connectivity index is 2.05. The van der Waals surface area contributed by atoms with E-state index in [-0.39, 0.29) is 17.2 Å². The zero-order valence-corrected chi connectivity index (χ0v) is 10.5. The van der Waals surface area contributed by atoms with Gasteiger partial charge in [-0.3, -0.25) is 0 Å². The second-order valence-electron chi connectivity index (χ2n) is 4.92. The lowest BCUT2D eigenvalue weighted by Gasteiger charge is -2.28. The lowest BCUT2D eigenvalue weighted by molar-refractivity contribution is 0.0762. The standard InChI is InChI=1S/C14H16F2N2O/c15-11-5-9(7-17)6-12(16)14(11)18-8-10-3-1-2-4-13(10)19/h5-6,10,13,18-19H,1-4,8H2. The Kier molecular flexibility index (Phi) is 4.33. The van der Waals surface area contributed by atoms with Gasteiger partial charge in [-0.05, 0) is 25.0 Å². The number of anilines is 1. The fourth-order valence-electron chi connectivity index (χ4n) is 2.47. The van der Waals surface area contributed by atoms with Crippen LogP contribution in [0.3, 0.4) is 0 Å². The molecule has 5 heteroatoms. The lowest BCUT2D eigenvalue weighted by Crippen LogP contribution is -2.30. The average molecular weight is 266 g/mol. The van der Waals surface area contributed by atoms with E-state index >= 15 is 0 Å². The summed E-state index contributed by atoms with van der Waals surface area (Å²) in [4.78, 5) is 0. The summed E-state index contributed by atoms with van der Waals surface area (Å²) in [6.07, 6.45) is 3.21. The van der Waals surface area contributed by atoms with Crippen molar-refractivity contribution >= 4 is 5.69 Å². The van der Waals surface area contributed by atoms with E-state index in [0.29, 0.717) is 6.54 Å². The van der Waals surface area contributed by atoms with Crippen LogP contribution < -0.4 is 5.32 Å². The van der Waals surface area contributed by atoms with Gasteiger partial charge in [-0.25, -0.2) is 8.78 Å². The molecule has 2 atom stereocenters. The van der Waals surface area contributed by atoms with E-state index < -0.39 is 17.7 Å². The molecule has 19 heavy (non-hydrogen) atoms. The zero-order chi connectivity index (χ0) is 13.8. The van der Waals surface area contributed by atoms with Gasteiger partial charge in [0.25, 0.3) is 0 Å². The summed E-state index contributed by atoms with van der Waals surface area (Å²) in [6.45, 7) is 0.334. The van der Waals surface area contributed by atoms with Crippen LogP contribution in [0.25, 0.3) is 0 Å². The molecule has 1 aromatic carbocycles. The van der Waals surface area contributed by atoms with Crippen LogP contribution >= 0.6 is 0 Å². The van der Waals surface area contributed by atoms with Gasteiger partial charge in [0.1, 0.15) is 5.69 Å². The van der Waals surface area contributed by atoms with Crippen LogP contribution in [0.4, 0.5) is 14.5 Å². The molecule has 2 rings (SSSR count). The molecule has 1 saturated carbocycles. The summed E-state index contributed by atoms with van der Waals surface area (Å²) in [5.41, 5.74) is -0.268. The highest BCUT2D eigenvalue weighted by atomic mass is 19.1. The van der Waals surface area contributed by atoms with Crippen LogP contribution in [0.2, 0.25) is 0 Å². The Morgan fingerprint density at radius 2 is 1.89 bits per heavy atom. The van der Waals surface area contributed by atoms with Crippen molar-refractivity contribution in [3.05, 3.63) is 29.3 Å². The van der Waals surface area contributed by atoms with Crippen LogP contribution in [-0.2, 0) is 0 Å². The number of nitrogens with zero attached hydrogens (tertiary/aromatic N) is 1. The highest BCUT2D eigenvalue weighted by Crippen LogP contribution is 2.26. The largest absolute Gasteiger partial charge is 0.393 e. The normalized spacial score (nSPS) is 22.8. The second-order valence-corrected chi connectivity index (χ2v) is 4.92. The van der Waals surface area contributed by atoms with Crippen LogP contribution in [0.5, 0.6) is 0 Å². The molecule has 0 bridgehead atoms. The van der Waals surface area contributed by atoms with Crippen LogP contribution in [-0.4, -0.2) is 17.8 Å².